The van der Waals surface area contributed by atoms with Crippen molar-refractivity contribution in [2.75, 3.05) is 0 Å². The zero-order valence-electron chi connectivity index (χ0n) is 15.4. The number of halogens is 1. The Morgan fingerprint density at radius 2 is 1.54 bits per heavy atom. The summed E-state index contributed by atoms with van der Waals surface area (Å²) >= 11 is 0. The van der Waals surface area contributed by atoms with Crippen molar-refractivity contribution in [1.29, 1.82) is 0 Å². The van der Waals surface area contributed by atoms with Gasteiger partial charge in [0.05, 0.1) is 0 Å². The van der Waals surface area contributed by atoms with Gasteiger partial charge in [-0.3, -0.25) is 0 Å². The first-order valence-electron chi connectivity index (χ1n) is 8.64. The Balaban J connectivity index is 2.68. The first-order valence-corrected chi connectivity index (χ1v) is 10.9. The van der Waals surface area contributed by atoms with Gasteiger partial charge in [-0.25, -0.2) is 4.39 Å². The van der Waals surface area contributed by atoms with Gasteiger partial charge >= 0.3 is 0 Å². The van der Waals surface area contributed by atoms with Crippen molar-refractivity contribution in [3.8, 4) is 17.2 Å². The molecule has 1 nitrogen and oxygen atoms in total. The van der Waals surface area contributed by atoms with Gasteiger partial charge in [-0.05, 0) is 34.1 Å². The molecule has 1 N–H and O–H groups in total. The van der Waals surface area contributed by atoms with E-state index in [0.717, 1.165) is 11.6 Å². The van der Waals surface area contributed by atoms with E-state index >= 15 is 0 Å². The number of benzene rings is 2. The number of aromatic hydroxyl groups is 1. The summed E-state index contributed by atoms with van der Waals surface area (Å²) in [6.07, 6.45) is 0. The number of rotatable bonds is 3. The molecule has 0 radical (unpaired) electrons. The molecule has 0 atom stereocenters. The Kier molecular flexibility index (Phi) is 5.40. The molecule has 2 aromatic rings. The van der Waals surface area contributed by atoms with Gasteiger partial charge in [0.25, 0.3) is 0 Å². The Morgan fingerprint density at radius 3 is 2.08 bits per heavy atom. The second-order valence-electron chi connectivity index (χ2n) is 7.48. The predicted octanol–water partition coefficient (Wildman–Crippen LogP) is 6.25. The van der Waals surface area contributed by atoms with Gasteiger partial charge in [0, 0.05) is 17.0 Å². The van der Waals surface area contributed by atoms with E-state index in [0.29, 0.717) is 27.4 Å². The van der Waals surface area contributed by atoms with Crippen LogP contribution in [-0.4, -0.2) is 13.2 Å². The van der Waals surface area contributed by atoms with Gasteiger partial charge < -0.3 is 5.11 Å². The second kappa shape index (κ2) is 6.99. The van der Waals surface area contributed by atoms with Crippen LogP contribution in [0.1, 0.15) is 47.1 Å². The van der Waals surface area contributed by atoms with Crippen LogP contribution in [0.15, 0.2) is 30.3 Å². The maximum absolute atomic E-state index is 13.5. The molecule has 0 aromatic heterocycles. The summed E-state index contributed by atoms with van der Waals surface area (Å²) < 4.78 is 13.5. The van der Waals surface area contributed by atoms with Crippen molar-refractivity contribution in [2.24, 2.45) is 0 Å². The molecule has 0 saturated heterocycles. The van der Waals surface area contributed by atoms with Crippen molar-refractivity contribution in [2.45, 2.75) is 58.2 Å². The van der Waals surface area contributed by atoms with Crippen molar-refractivity contribution in [1.82, 2.24) is 0 Å². The Morgan fingerprint density at radius 1 is 0.958 bits per heavy atom. The summed E-state index contributed by atoms with van der Waals surface area (Å²) in [5.74, 6) is 2.89. The van der Waals surface area contributed by atoms with Gasteiger partial charge in [0.15, 0.2) is 0 Å². The van der Waals surface area contributed by atoms with Crippen LogP contribution < -0.4 is 0 Å². The quantitative estimate of drug-likeness (QED) is 0.516. The Bertz CT molecular complexity index is 775. The van der Waals surface area contributed by atoms with E-state index in [-0.39, 0.29) is 5.75 Å². The molecule has 0 aliphatic carbocycles. The molecule has 24 heavy (non-hydrogen) atoms. The maximum Gasteiger partial charge on any atom is 0.146 e. The first kappa shape index (κ1) is 18.5. The van der Waals surface area contributed by atoms with Crippen molar-refractivity contribution >= 4 is 18.8 Å². The zero-order valence-corrected chi connectivity index (χ0v) is 16.4. The van der Waals surface area contributed by atoms with Gasteiger partial charge in [-0.15, -0.1) is 5.54 Å². The topological polar surface area (TPSA) is 20.2 Å². The molecule has 2 rings (SSSR count). The molecule has 0 heterocycles. The molecule has 0 aliphatic heterocycles. The summed E-state index contributed by atoms with van der Waals surface area (Å²) in [5, 5.41) is 11.5. The summed E-state index contributed by atoms with van der Waals surface area (Å²) in [5.41, 5.74) is 6.09. The summed E-state index contributed by atoms with van der Waals surface area (Å²) in [7, 11) is -1.84. The number of fused-ring (bicyclic) bond motifs is 1. The van der Waals surface area contributed by atoms with Crippen LogP contribution in [-0.2, 0) is 0 Å². The minimum Gasteiger partial charge on any atom is -0.507 e. The predicted molar refractivity (Wildman–Crippen MR) is 103 cm³/mol. The highest BCUT2D eigenvalue weighted by Gasteiger charge is 2.41. The van der Waals surface area contributed by atoms with E-state index in [1.807, 2.05) is 12.1 Å². The standard InChI is InChI=1S/C21H27FOSi/c1-14(2)24(15(3)4,16(5)6)11-10-17-8-7-9-18-12-19(22)13-20(23)21(17)18/h7-9,12-16,23H,1-6H3. The molecule has 0 aliphatic rings. The van der Waals surface area contributed by atoms with Crippen molar-refractivity contribution < 1.29 is 9.50 Å². The van der Waals surface area contributed by atoms with Gasteiger partial charge in [-0.1, -0.05) is 59.6 Å². The fourth-order valence-electron chi connectivity index (χ4n) is 4.08. The van der Waals surface area contributed by atoms with E-state index in [1.165, 1.54) is 6.07 Å². The van der Waals surface area contributed by atoms with Crippen LogP contribution in [0.4, 0.5) is 4.39 Å². The minimum absolute atomic E-state index is 0.0409. The van der Waals surface area contributed by atoms with Crippen LogP contribution in [0.25, 0.3) is 10.8 Å². The third-order valence-corrected chi connectivity index (χ3v) is 11.5. The number of phenolic OH excluding ortho intramolecular Hbond substituents is 1. The minimum atomic E-state index is -1.84. The molecule has 0 spiro atoms. The normalized spacial score (nSPS) is 12.1. The summed E-state index contributed by atoms with van der Waals surface area (Å²) in [4.78, 5) is 0. The fraction of sp³-hybridized carbons (Fsp3) is 0.429. The third kappa shape index (κ3) is 3.21. The van der Waals surface area contributed by atoms with Crippen LogP contribution >= 0.6 is 0 Å². The summed E-state index contributed by atoms with van der Waals surface area (Å²) in [6, 6.07) is 8.19. The maximum atomic E-state index is 13.5. The van der Waals surface area contributed by atoms with E-state index in [4.69, 9.17) is 0 Å². The highest BCUT2D eigenvalue weighted by Crippen LogP contribution is 2.41. The SMILES string of the molecule is CC(C)[Si](C#Cc1cccc2cc(F)cc(O)c12)(C(C)C)C(C)C. The highest BCUT2D eigenvalue weighted by atomic mass is 28.3. The van der Waals surface area contributed by atoms with Crippen LogP contribution in [0.5, 0.6) is 5.75 Å². The van der Waals surface area contributed by atoms with E-state index in [1.54, 1.807) is 6.07 Å². The fourth-order valence-corrected chi connectivity index (χ4v) is 9.30. The van der Waals surface area contributed by atoms with Gasteiger partial charge in [0.2, 0.25) is 0 Å². The molecule has 128 valence electrons. The molecule has 0 unspecified atom stereocenters. The number of hydrogen-bond donors (Lipinski definition) is 1. The third-order valence-electron chi connectivity index (χ3n) is 5.20. The molecule has 0 saturated carbocycles. The average molecular weight is 343 g/mol. The Hall–Kier alpha value is -1.79. The molecule has 0 fully saturated rings. The second-order valence-corrected chi connectivity index (χ2v) is 13.1. The van der Waals surface area contributed by atoms with Crippen molar-refractivity contribution in [3.63, 3.8) is 0 Å². The van der Waals surface area contributed by atoms with Crippen LogP contribution in [0, 0.1) is 17.3 Å². The number of phenols is 1. The molecular formula is C21H27FOSi. The lowest BCUT2D eigenvalue weighted by atomic mass is 10.0. The van der Waals surface area contributed by atoms with Crippen molar-refractivity contribution in [3.05, 3.63) is 41.7 Å². The highest BCUT2D eigenvalue weighted by molar-refractivity contribution is 6.90. The lowest BCUT2D eigenvalue weighted by molar-refractivity contribution is 0.475. The van der Waals surface area contributed by atoms with E-state index in [9.17, 15) is 9.50 Å². The zero-order chi connectivity index (χ0) is 18.1. The summed E-state index contributed by atoms with van der Waals surface area (Å²) in [6.45, 7) is 13.6. The van der Waals surface area contributed by atoms with E-state index in [2.05, 4.69) is 53.0 Å². The molecular weight excluding hydrogens is 315 g/mol. The monoisotopic (exact) mass is 342 g/mol. The van der Waals surface area contributed by atoms with Gasteiger partial charge in [0.1, 0.15) is 19.6 Å². The first-order chi connectivity index (χ1) is 11.2. The Labute approximate surface area is 145 Å². The van der Waals surface area contributed by atoms with Crippen LogP contribution in [0.3, 0.4) is 0 Å². The lowest BCUT2D eigenvalue weighted by Crippen LogP contribution is -2.43. The lowest BCUT2D eigenvalue weighted by Gasteiger charge is -2.38. The molecule has 0 bridgehead atoms. The molecule has 2 aromatic carbocycles. The smallest absolute Gasteiger partial charge is 0.146 e. The van der Waals surface area contributed by atoms with E-state index < -0.39 is 13.9 Å². The largest absolute Gasteiger partial charge is 0.507 e. The van der Waals surface area contributed by atoms with Gasteiger partial charge in [-0.2, -0.15) is 0 Å². The average Bonchev–Trinajstić information content (AvgIpc) is 2.46. The molecule has 0 amide bonds. The van der Waals surface area contributed by atoms with Crippen LogP contribution in [0.2, 0.25) is 16.6 Å². The number of hydrogen-bond acceptors (Lipinski definition) is 1. The molecule has 3 heteroatoms.